The van der Waals surface area contributed by atoms with Crippen LogP contribution in [-0.2, 0) is 5.54 Å². The molecule has 0 radical (unpaired) electrons. The van der Waals surface area contributed by atoms with Gasteiger partial charge in [0.1, 0.15) is 5.65 Å². The summed E-state index contributed by atoms with van der Waals surface area (Å²) in [7, 11) is 0. The number of rotatable bonds is 1. The Labute approximate surface area is 88.7 Å². The van der Waals surface area contributed by atoms with Gasteiger partial charge in [-0.05, 0) is 32.9 Å². The predicted molar refractivity (Wildman–Crippen MR) is 60.1 cm³/mol. The maximum absolute atomic E-state index is 10.9. The highest BCUT2D eigenvalue weighted by Gasteiger charge is 2.18. The predicted octanol–water partition coefficient (Wildman–Crippen LogP) is 2.60. The van der Waals surface area contributed by atoms with Crippen molar-refractivity contribution < 1.29 is 4.79 Å². The Morgan fingerprint density at radius 1 is 1.40 bits per heavy atom. The normalized spacial score (nSPS) is 11.9. The van der Waals surface area contributed by atoms with Gasteiger partial charge in [0.2, 0.25) is 0 Å². The van der Waals surface area contributed by atoms with Gasteiger partial charge in [-0.25, -0.2) is 4.98 Å². The second-order valence-corrected chi connectivity index (χ2v) is 4.62. The van der Waals surface area contributed by atoms with Crippen molar-refractivity contribution in [3.05, 3.63) is 30.1 Å². The number of nitrogens with zero attached hydrogens (tertiary/aromatic N) is 2. The minimum Gasteiger partial charge on any atom is -0.327 e. The highest BCUT2D eigenvalue weighted by Crippen LogP contribution is 2.24. The fourth-order valence-electron chi connectivity index (χ4n) is 1.69. The molecule has 78 valence electrons. The van der Waals surface area contributed by atoms with E-state index in [1.165, 1.54) is 0 Å². The van der Waals surface area contributed by atoms with Crippen molar-refractivity contribution in [2.75, 3.05) is 0 Å². The second kappa shape index (κ2) is 3.19. The van der Waals surface area contributed by atoms with Crippen LogP contribution in [0.15, 0.2) is 24.5 Å². The van der Waals surface area contributed by atoms with Crippen LogP contribution in [0.5, 0.6) is 0 Å². The molecular formula is C12H14N2O. The summed E-state index contributed by atoms with van der Waals surface area (Å²) >= 11 is 0. The summed E-state index contributed by atoms with van der Waals surface area (Å²) in [6.07, 6.45) is 4.50. The van der Waals surface area contributed by atoms with E-state index >= 15 is 0 Å². The Morgan fingerprint density at radius 2 is 2.13 bits per heavy atom. The molecule has 0 atom stereocenters. The Kier molecular flexibility index (Phi) is 2.11. The van der Waals surface area contributed by atoms with Crippen molar-refractivity contribution in [3.63, 3.8) is 0 Å². The van der Waals surface area contributed by atoms with E-state index in [0.29, 0.717) is 5.56 Å². The average Bonchev–Trinajstić information content (AvgIpc) is 2.55. The van der Waals surface area contributed by atoms with Crippen molar-refractivity contribution >= 4 is 17.3 Å². The van der Waals surface area contributed by atoms with E-state index in [9.17, 15) is 4.79 Å². The van der Waals surface area contributed by atoms with Crippen LogP contribution in [0.2, 0.25) is 0 Å². The van der Waals surface area contributed by atoms with Crippen LogP contribution < -0.4 is 0 Å². The zero-order chi connectivity index (χ0) is 11.1. The maximum atomic E-state index is 10.9. The van der Waals surface area contributed by atoms with Crippen LogP contribution in [0.1, 0.15) is 31.1 Å². The second-order valence-electron chi connectivity index (χ2n) is 4.62. The number of hydrogen-bond donors (Lipinski definition) is 0. The van der Waals surface area contributed by atoms with Crippen LogP contribution in [0, 0.1) is 0 Å². The summed E-state index contributed by atoms with van der Waals surface area (Å²) < 4.78 is 2.03. The molecule has 3 heteroatoms. The molecule has 0 N–H and O–H groups in total. The number of fused-ring (bicyclic) bond motifs is 1. The summed E-state index contributed by atoms with van der Waals surface area (Å²) in [4.78, 5) is 15.2. The van der Waals surface area contributed by atoms with Crippen molar-refractivity contribution in [3.8, 4) is 0 Å². The topological polar surface area (TPSA) is 34.9 Å². The van der Waals surface area contributed by atoms with Gasteiger partial charge in [0.25, 0.3) is 0 Å². The summed E-state index contributed by atoms with van der Waals surface area (Å²) in [5.74, 6) is 0. The van der Waals surface area contributed by atoms with Crippen molar-refractivity contribution in [2.24, 2.45) is 0 Å². The number of hydrogen-bond acceptors (Lipinski definition) is 2. The van der Waals surface area contributed by atoms with Gasteiger partial charge in [0, 0.05) is 28.9 Å². The lowest BCUT2D eigenvalue weighted by molar-refractivity contribution is 0.112. The molecule has 0 saturated heterocycles. The smallest absolute Gasteiger partial charge is 0.152 e. The number of carbonyl (C=O) groups is 1. The molecule has 0 aromatic carbocycles. The zero-order valence-electron chi connectivity index (χ0n) is 9.19. The van der Waals surface area contributed by atoms with Gasteiger partial charge >= 0.3 is 0 Å². The van der Waals surface area contributed by atoms with Crippen LogP contribution in [0.25, 0.3) is 11.0 Å². The standard InChI is InChI=1S/C12H14N2O/c1-12(2,3)14-7-9(8-15)10-5-4-6-13-11(10)14/h4-8H,1-3H3. The third-order valence-corrected chi connectivity index (χ3v) is 2.44. The molecule has 2 aromatic heterocycles. The quantitative estimate of drug-likeness (QED) is 0.666. The molecule has 15 heavy (non-hydrogen) atoms. The summed E-state index contributed by atoms with van der Waals surface area (Å²) in [5.41, 5.74) is 1.51. The van der Waals surface area contributed by atoms with E-state index in [1.807, 2.05) is 22.9 Å². The van der Waals surface area contributed by atoms with Gasteiger partial charge < -0.3 is 4.57 Å². The number of pyridine rings is 1. The molecular weight excluding hydrogens is 188 g/mol. The van der Waals surface area contributed by atoms with Crippen LogP contribution in [0.4, 0.5) is 0 Å². The third-order valence-electron chi connectivity index (χ3n) is 2.44. The molecule has 3 nitrogen and oxygen atoms in total. The largest absolute Gasteiger partial charge is 0.327 e. The SMILES string of the molecule is CC(C)(C)n1cc(C=O)c2cccnc21. The molecule has 0 spiro atoms. The van der Waals surface area contributed by atoms with Crippen LogP contribution in [0.3, 0.4) is 0 Å². The van der Waals surface area contributed by atoms with Crippen LogP contribution >= 0.6 is 0 Å². The summed E-state index contributed by atoms with van der Waals surface area (Å²) in [5, 5.41) is 0.919. The number of aldehydes is 1. The molecule has 0 saturated carbocycles. The van der Waals surface area contributed by atoms with Gasteiger partial charge in [-0.3, -0.25) is 4.79 Å². The lowest BCUT2D eigenvalue weighted by Crippen LogP contribution is -2.20. The molecule has 2 rings (SSSR count). The fraction of sp³-hybridized carbons (Fsp3) is 0.333. The first-order valence-electron chi connectivity index (χ1n) is 4.96. The third kappa shape index (κ3) is 1.54. The first-order chi connectivity index (χ1) is 7.04. The summed E-state index contributed by atoms with van der Waals surface area (Å²) in [6, 6.07) is 3.77. The summed E-state index contributed by atoms with van der Waals surface area (Å²) in [6.45, 7) is 6.28. The molecule has 0 fully saturated rings. The van der Waals surface area contributed by atoms with E-state index in [1.54, 1.807) is 6.20 Å². The molecule has 0 unspecified atom stereocenters. The zero-order valence-corrected chi connectivity index (χ0v) is 9.19. The molecule has 0 aliphatic heterocycles. The highest BCUT2D eigenvalue weighted by molar-refractivity contribution is 5.96. The minimum atomic E-state index is -0.0616. The molecule has 0 aliphatic carbocycles. The Bertz CT molecular complexity index is 506. The average molecular weight is 202 g/mol. The van der Waals surface area contributed by atoms with Crippen LogP contribution in [-0.4, -0.2) is 15.8 Å². The van der Waals surface area contributed by atoms with Crippen molar-refractivity contribution in [1.82, 2.24) is 9.55 Å². The maximum Gasteiger partial charge on any atom is 0.152 e. The lowest BCUT2D eigenvalue weighted by atomic mass is 10.1. The molecule has 2 aromatic rings. The van der Waals surface area contributed by atoms with Gasteiger partial charge in [0.05, 0.1) is 0 Å². The van der Waals surface area contributed by atoms with E-state index in [2.05, 4.69) is 25.8 Å². The van der Waals surface area contributed by atoms with E-state index in [-0.39, 0.29) is 5.54 Å². The molecule has 0 amide bonds. The molecule has 0 bridgehead atoms. The van der Waals surface area contributed by atoms with Crippen molar-refractivity contribution in [1.29, 1.82) is 0 Å². The Morgan fingerprint density at radius 3 is 2.73 bits per heavy atom. The Balaban J connectivity index is 2.82. The molecule has 0 aliphatic rings. The number of carbonyl (C=O) groups excluding carboxylic acids is 1. The fourth-order valence-corrected chi connectivity index (χ4v) is 1.69. The molecule has 2 heterocycles. The van der Waals surface area contributed by atoms with E-state index < -0.39 is 0 Å². The van der Waals surface area contributed by atoms with Gasteiger partial charge in [-0.1, -0.05) is 0 Å². The van der Waals surface area contributed by atoms with E-state index in [4.69, 9.17) is 0 Å². The van der Waals surface area contributed by atoms with E-state index in [0.717, 1.165) is 17.3 Å². The van der Waals surface area contributed by atoms with Gasteiger partial charge in [-0.15, -0.1) is 0 Å². The first kappa shape index (κ1) is 9.90. The number of aromatic nitrogens is 2. The van der Waals surface area contributed by atoms with Gasteiger partial charge in [-0.2, -0.15) is 0 Å². The first-order valence-corrected chi connectivity index (χ1v) is 4.96. The van der Waals surface area contributed by atoms with Crippen molar-refractivity contribution in [2.45, 2.75) is 26.3 Å². The monoisotopic (exact) mass is 202 g/mol. The Hall–Kier alpha value is -1.64. The minimum absolute atomic E-state index is 0.0616. The highest BCUT2D eigenvalue weighted by atomic mass is 16.1. The van der Waals surface area contributed by atoms with Gasteiger partial charge in [0.15, 0.2) is 6.29 Å². The lowest BCUT2D eigenvalue weighted by Gasteiger charge is -2.21.